The molecular formula is C28H31F2N3O4. The van der Waals surface area contributed by atoms with Crippen molar-refractivity contribution in [2.24, 2.45) is 5.92 Å². The van der Waals surface area contributed by atoms with Gasteiger partial charge in [-0.1, -0.05) is 13.8 Å². The molecule has 0 atom stereocenters. The van der Waals surface area contributed by atoms with E-state index in [1.807, 2.05) is 24.5 Å². The number of aromatic nitrogens is 3. The van der Waals surface area contributed by atoms with E-state index in [4.69, 9.17) is 9.47 Å². The predicted octanol–water partition coefficient (Wildman–Crippen LogP) is 6.08. The number of H-pyrrole nitrogens is 1. The van der Waals surface area contributed by atoms with Gasteiger partial charge in [0.2, 0.25) is 0 Å². The first-order chi connectivity index (χ1) is 17.7. The highest BCUT2D eigenvalue weighted by Gasteiger charge is 2.38. The van der Waals surface area contributed by atoms with Crippen LogP contribution >= 0.6 is 0 Å². The van der Waals surface area contributed by atoms with E-state index in [-0.39, 0.29) is 11.7 Å². The number of hydrogen-bond donors (Lipinski definition) is 2. The van der Waals surface area contributed by atoms with Crippen molar-refractivity contribution in [3.63, 3.8) is 0 Å². The summed E-state index contributed by atoms with van der Waals surface area (Å²) in [5, 5.41) is 17.5. The molecule has 2 aromatic carbocycles. The summed E-state index contributed by atoms with van der Waals surface area (Å²) in [5.74, 6) is -2.04. The number of carboxylic acid groups (broad SMARTS) is 1. The lowest BCUT2D eigenvalue weighted by Gasteiger charge is -2.32. The maximum atomic E-state index is 16.3. The van der Waals surface area contributed by atoms with E-state index in [1.54, 1.807) is 25.4 Å². The van der Waals surface area contributed by atoms with Crippen LogP contribution in [0.5, 0.6) is 5.75 Å². The lowest BCUT2D eigenvalue weighted by atomic mass is 9.74. The van der Waals surface area contributed by atoms with Gasteiger partial charge in [0, 0.05) is 40.7 Å². The minimum Gasteiger partial charge on any atom is -0.494 e. The Labute approximate surface area is 213 Å². The van der Waals surface area contributed by atoms with E-state index in [9.17, 15) is 14.3 Å². The number of benzene rings is 2. The molecule has 1 fully saturated rings. The second kappa shape index (κ2) is 9.45. The Hall–Kier alpha value is -3.46. The van der Waals surface area contributed by atoms with Crippen molar-refractivity contribution in [2.75, 3.05) is 20.8 Å². The van der Waals surface area contributed by atoms with Gasteiger partial charge in [-0.15, -0.1) is 0 Å². The van der Waals surface area contributed by atoms with E-state index < -0.39 is 28.9 Å². The average molecular weight is 512 g/mol. The summed E-state index contributed by atoms with van der Waals surface area (Å²) >= 11 is 0. The molecule has 1 aliphatic rings. The zero-order valence-corrected chi connectivity index (χ0v) is 21.4. The van der Waals surface area contributed by atoms with Gasteiger partial charge >= 0.3 is 5.97 Å². The standard InChI is InChI=1S/C28H31F2N3O4/c1-28(2,14-36-3)26-22(15-5-7-16(8-6-15)27(34)35)23-20(11-17-13-31-32-25(17)24(23)30)33(26)18-9-10-19(29)21(12-18)37-4/h9-13,15-16H,5-8,14H2,1-4H3,(H,31,32)(H,34,35). The predicted molar refractivity (Wildman–Crippen MR) is 137 cm³/mol. The van der Waals surface area contributed by atoms with Crippen LogP contribution in [0.4, 0.5) is 8.78 Å². The Morgan fingerprint density at radius 2 is 1.92 bits per heavy atom. The number of aromatic amines is 1. The number of nitrogens with one attached hydrogen (secondary N) is 1. The molecule has 1 saturated carbocycles. The molecule has 0 spiro atoms. The number of methoxy groups -OCH3 is 2. The first-order valence-electron chi connectivity index (χ1n) is 12.4. The third-order valence-electron chi connectivity index (χ3n) is 7.67. The smallest absolute Gasteiger partial charge is 0.306 e. The number of ether oxygens (including phenoxy) is 2. The van der Waals surface area contributed by atoms with Crippen LogP contribution in [-0.4, -0.2) is 46.7 Å². The highest BCUT2D eigenvalue weighted by molar-refractivity contribution is 6.00. The fourth-order valence-electron chi connectivity index (χ4n) is 6.01. The molecule has 0 amide bonds. The number of rotatable bonds is 7. The van der Waals surface area contributed by atoms with Gasteiger partial charge in [0.05, 0.1) is 31.3 Å². The summed E-state index contributed by atoms with van der Waals surface area (Å²) in [6.07, 6.45) is 3.88. The maximum absolute atomic E-state index is 16.3. The molecule has 1 aliphatic carbocycles. The third-order valence-corrected chi connectivity index (χ3v) is 7.67. The Kier molecular flexibility index (Phi) is 6.43. The molecular weight excluding hydrogens is 480 g/mol. The minimum atomic E-state index is -0.787. The van der Waals surface area contributed by atoms with Gasteiger partial charge in [-0.2, -0.15) is 5.10 Å². The summed E-state index contributed by atoms with van der Waals surface area (Å²) in [7, 11) is 3.04. The van der Waals surface area contributed by atoms with Crippen molar-refractivity contribution in [1.82, 2.24) is 14.8 Å². The van der Waals surface area contributed by atoms with Crippen molar-refractivity contribution >= 4 is 27.8 Å². The number of hydrogen-bond acceptors (Lipinski definition) is 4. The van der Waals surface area contributed by atoms with E-state index in [0.29, 0.717) is 59.8 Å². The van der Waals surface area contributed by atoms with Crippen LogP contribution < -0.4 is 4.74 Å². The zero-order chi connectivity index (χ0) is 26.5. The summed E-state index contributed by atoms with van der Waals surface area (Å²) < 4.78 is 43.6. The van der Waals surface area contributed by atoms with Gasteiger partial charge in [-0.3, -0.25) is 9.89 Å². The number of carbonyl (C=O) groups is 1. The van der Waals surface area contributed by atoms with Crippen molar-refractivity contribution in [2.45, 2.75) is 50.9 Å². The quantitative estimate of drug-likeness (QED) is 0.314. The molecule has 2 aromatic heterocycles. The molecule has 0 radical (unpaired) electrons. The largest absolute Gasteiger partial charge is 0.494 e. The second-order valence-corrected chi connectivity index (χ2v) is 10.5. The number of halogens is 2. The molecule has 37 heavy (non-hydrogen) atoms. The van der Waals surface area contributed by atoms with Gasteiger partial charge < -0.3 is 19.1 Å². The van der Waals surface area contributed by atoms with Gasteiger partial charge in [0.25, 0.3) is 0 Å². The molecule has 2 heterocycles. The van der Waals surface area contributed by atoms with E-state index >= 15 is 4.39 Å². The minimum absolute atomic E-state index is 0.0531. The summed E-state index contributed by atoms with van der Waals surface area (Å²) in [5.41, 5.74) is 2.73. The topological polar surface area (TPSA) is 89.4 Å². The monoisotopic (exact) mass is 511 g/mol. The zero-order valence-electron chi connectivity index (χ0n) is 21.4. The van der Waals surface area contributed by atoms with Crippen molar-refractivity contribution in [1.29, 1.82) is 0 Å². The Balaban J connectivity index is 1.87. The first kappa shape index (κ1) is 25.2. The number of aliphatic carboxylic acids is 1. The Bertz CT molecular complexity index is 1480. The fourth-order valence-corrected chi connectivity index (χ4v) is 6.01. The summed E-state index contributed by atoms with van der Waals surface area (Å²) in [4.78, 5) is 11.6. The number of fused-ring (bicyclic) bond motifs is 2. The highest BCUT2D eigenvalue weighted by Crippen LogP contribution is 2.48. The normalized spacial score (nSPS) is 18.5. The average Bonchev–Trinajstić information content (AvgIpc) is 3.48. The highest BCUT2D eigenvalue weighted by atomic mass is 19.1. The molecule has 0 unspecified atom stereocenters. The lowest BCUT2D eigenvalue weighted by molar-refractivity contribution is -0.142. The molecule has 0 bridgehead atoms. The molecule has 4 aromatic rings. The Morgan fingerprint density at radius 3 is 2.57 bits per heavy atom. The van der Waals surface area contributed by atoms with Gasteiger partial charge in [0.1, 0.15) is 5.52 Å². The van der Waals surface area contributed by atoms with E-state index in [2.05, 4.69) is 10.2 Å². The van der Waals surface area contributed by atoms with Crippen molar-refractivity contribution in [3.8, 4) is 11.4 Å². The van der Waals surface area contributed by atoms with Crippen molar-refractivity contribution in [3.05, 3.63) is 53.4 Å². The van der Waals surface area contributed by atoms with Crippen LogP contribution in [0, 0.1) is 17.6 Å². The molecule has 196 valence electrons. The molecule has 7 nitrogen and oxygen atoms in total. The van der Waals surface area contributed by atoms with Crippen LogP contribution in [0.1, 0.15) is 56.7 Å². The number of carboxylic acids is 1. The van der Waals surface area contributed by atoms with Gasteiger partial charge in [0.15, 0.2) is 17.4 Å². The van der Waals surface area contributed by atoms with Crippen LogP contribution in [0.2, 0.25) is 0 Å². The van der Waals surface area contributed by atoms with Crippen LogP contribution in [-0.2, 0) is 14.9 Å². The molecule has 2 N–H and O–H groups in total. The van der Waals surface area contributed by atoms with Crippen LogP contribution in [0.3, 0.4) is 0 Å². The molecule has 5 rings (SSSR count). The molecule has 9 heteroatoms. The molecule has 0 saturated heterocycles. The van der Waals surface area contributed by atoms with Gasteiger partial charge in [-0.05, 0) is 55.4 Å². The van der Waals surface area contributed by atoms with Crippen LogP contribution in [0.15, 0.2) is 30.5 Å². The van der Waals surface area contributed by atoms with Gasteiger partial charge in [-0.25, -0.2) is 8.78 Å². The van der Waals surface area contributed by atoms with Crippen molar-refractivity contribution < 1.29 is 28.2 Å². The third kappa shape index (κ3) is 4.15. The summed E-state index contributed by atoms with van der Waals surface area (Å²) in [6.45, 7) is 4.44. The lowest BCUT2D eigenvalue weighted by Crippen LogP contribution is -2.29. The first-order valence-corrected chi connectivity index (χ1v) is 12.4. The number of nitrogens with zero attached hydrogens (tertiary/aromatic N) is 2. The summed E-state index contributed by atoms with van der Waals surface area (Å²) in [6, 6.07) is 6.51. The SMILES string of the molecule is COCC(C)(C)c1c(C2CCC(C(=O)O)CC2)c2c(F)c3[nH]ncc3cc2n1-c1ccc(F)c(OC)c1. The van der Waals surface area contributed by atoms with Crippen LogP contribution in [0.25, 0.3) is 27.5 Å². The molecule has 0 aliphatic heterocycles. The Morgan fingerprint density at radius 1 is 1.19 bits per heavy atom. The van der Waals surface area contributed by atoms with E-state index in [1.165, 1.54) is 13.2 Å². The fraction of sp³-hybridized carbons (Fsp3) is 0.429. The van der Waals surface area contributed by atoms with E-state index in [0.717, 1.165) is 11.3 Å². The maximum Gasteiger partial charge on any atom is 0.306 e. The second-order valence-electron chi connectivity index (χ2n) is 10.5.